The highest BCUT2D eigenvalue weighted by Gasteiger charge is 2.34. The van der Waals surface area contributed by atoms with E-state index in [2.05, 4.69) is 35.2 Å². The Hall–Kier alpha value is -1.20. The van der Waals surface area contributed by atoms with Gasteiger partial charge in [0.05, 0.1) is 6.54 Å². The Kier molecular flexibility index (Phi) is 5.26. The lowest BCUT2D eigenvalue weighted by molar-refractivity contribution is 0.0530. The predicted molar refractivity (Wildman–Crippen MR) is 93.6 cm³/mol. The van der Waals surface area contributed by atoms with Crippen LogP contribution >= 0.6 is 11.8 Å². The largest absolute Gasteiger partial charge is 0.381 e. The van der Waals surface area contributed by atoms with Crippen molar-refractivity contribution >= 4 is 17.7 Å². The van der Waals surface area contributed by atoms with Crippen LogP contribution in [-0.2, 0) is 10.2 Å². The molecular formula is C17H25N3OS. The molecule has 4 nitrogen and oxygen atoms in total. The van der Waals surface area contributed by atoms with Crippen LogP contribution in [0.25, 0.3) is 0 Å². The first-order valence-corrected chi connectivity index (χ1v) is 9.22. The van der Waals surface area contributed by atoms with E-state index < -0.39 is 0 Å². The average molecular weight is 319 g/mol. The minimum atomic E-state index is 0.0780. The molecule has 0 aliphatic carbocycles. The monoisotopic (exact) mass is 319 g/mol. The Morgan fingerprint density at radius 3 is 2.55 bits per heavy atom. The summed E-state index contributed by atoms with van der Waals surface area (Å²) in [5, 5.41) is 0. The normalized spacial score (nSPS) is 22.5. The molecule has 0 amide bonds. The molecule has 2 N–H and O–H groups in total. The van der Waals surface area contributed by atoms with Crippen LogP contribution in [0.15, 0.2) is 35.3 Å². The average Bonchev–Trinajstić information content (AvgIpc) is 2.62. The van der Waals surface area contributed by atoms with Crippen LogP contribution in [0.3, 0.4) is 0 Å². The second-order valence-corrected chi connectivity index (χ2v) is 7.26. The minimum absolute atomic E-state index is 0.0780. The number of nitrogens with two attached hydrogens (primary N) is 1. The van der Waals surface area contributed by atoms with Gasteiger partial charge in [-0.2, -0.15) is 11.8 Å². The first-order chi connectivity index (χ1) is 10.8. The molecule has 0 unspecified atom stereocenters. The minimum Gasteiger partial charge on any atom is -0.381 e. The Morgan fingerprint density at radius 2 is 1.86 bits per heavy atom. The topological polar surface area (TPSA) is 50.9 Å². The molecule has 2 fully saturated rings. The van der Waals surface area contributed by atoms with E-state index in [-0.39, 0.29) is 5.41 Å². The zero-order valence-electron chi connectivity index (χ0n) is 13.0. The lowest BCUT2D eigenvalue weighted by atomic mass is 9.74. The molecule has 22 heavy (non-hydrogen) atoms. The molecule has 0 aromatic heterocycles. The van der Waals surface area contributed by atoms with Crippen molar-refractivity contribution in [3.05, 3.63) is 35.9 Å². The number of aliphatic imine (C=N–C) groups is 1. The number of hydrogen-bond donors (Lipinski definition) is 1. The van der Waals surface area contributed by atoms with Crippen molar-refractivity contribution < 1.29 is 4.74 Å². The van der Waals surface area contributed by atoms with Gasteiger partial charge in [0.25, 0.3) is 0 Å². The molecule has 5 heteroatoms. The summed E-state index contributed by atoms with van der Waals surface area (Å²) in [5.74, 6) is 3.00. The van der Waals surface area contributed by atoms with Crippen molar-refractivity contribution in [2.45, 2.75) is 18.3 Å². The van der Waals surface area contributed by atoms with Gasteiger partial charge in [0, 0.05) is 43.2 Å². The summed E-state index contributed by atoms with van der Waals surface area (Å²) in [4.78, 5) is 6.99. The standard InChI is InChI=1S/C17H25N3OS/c18-16(20-8-12-22-13-9-20)19-14-17(6-10-21-11-7-17)15-4-2-1-3-5-15/h1-5H,6-14H2,(H2,18,19). The maximum absolute atomic E-state index is 6.24. The van der Waals surface area contributed by atoms with Gasteiger partial charge in [-0.3, -0.25) is 4.99 Å². The smallest absolute Gasteiger partial charge is 0.191 e. The fourth-order valence-corrected chi connectivity index (χ4v) is 4.12. The van der Waals surface area contributed by atoms with Crippen molar-refractivity contribution in [2.75, 3.05) is 44.4 Å². The highest BCUT2D eigenvalue weighted by Crippen LogP contribution is 2.35. The molecule has 0 spiro atoms. The SMILES string of the molecule is NC(=NCC1(c2ccccc2)CCOCC1)N1CCSCC1. The van der Waals surface area contributed by atoms with Crippen LogP contribution in [0, 0.1) is 0 Å². The summed E-state index contributed by atoms with van der Waals surface area (Å²) < 4.78 is 5.58. The van der Waals surface area contributed by atoms with E-state index in [4.69, 9.17) is 15.5 Å². The number of guanidine groups is 1. The number of benzene rings is 1. The Labute approximate surface area is 137 Å². The fraction of sp³-hybridized carbons (Fsp3) is 0.588. The molecular weight excluding hydrogens is 294 g/mol. The number of rotatable bonds is 3. The molecule has 1 aromatic rings. The van der Waals surface area contributed by atoms with Crippen molar-refractivity contribution in [1.29, 1.82) is 0 Å². The molecule has 2 saturated heterocycles. The lowest BCUT2D eigenvalue weighted by Crippen LogP contribution is -2.44. The predicted octanol–water partition coefficient (Wildman–Crippen LogP) is 2.10. The highest BCUT2D eigenvalue weighted by atomic mass is 32.2. The van der Waals surface area contributed by atoms with Gasteiger partial charge >= 0.3 is 0 Å². The first kappa shape index (κ1) is 15.7. The van der Waals surface area contributed by atoms with E-state index in [1.165, 1.54) is 5.56 Å². The zero-order chi connectivity index (χ0) is 15.3. The van der Waals surface area contributed by atoms with Gasteiger partial charge in [0.15, 0.2) is 5.96 Å². The van der Waals surface area contributed by atoms with Crippen LogP contribution in [0.1, 0.15) is 18.4 Å². The second kappa shape index (κ2) is 7.38. The maximum atomic E-state index is 6.24. The van der Waals surface area contributed by atoms with Gasteiger partial charge in [-0.15, -0.1) is 0 Å². The second-order valence-electron chi connectivity index (χ2n) is 6.03. The molecule has 1 aromatic carbocycles. The van der Waals surface area contributed by atoms with E-state index >= 15 is 0 Å². The molecule has 2 aliphatic heterocycles. The molecule has 0 saturated carbocycles. The van der Waals surface area contributed by atoms with Crippen molar-refractivity contribution in [3.63, 3.8) is 0 Å². The van der Waals surface area contributed by atoms with Gasteiger partial charge in [-0.05, 0) is 18.4 Å². The Bertz CT molecular complexity index is 494. The summed E-state index contributed by atoms with van der Waals surface area (Å²) in [6.07, 6.45) is 2.04. The highest BCUT2D eigenvalue weighted by molar-refractivity contribution is 7.99. The Balaban J connectivity index is 1.75. The molecule has 2 aliphatic rings. The van der Waals surface area contributed by atoms with Crippen molar-refractivity contribution in [1.82, 2.24) is 4.90 Å². The summed E-state index contributed by atoms with van der Waals surface area (Å²) in [7, 11) is 0. The summed E-state index contributed by atoms with van der Waals surface area (Å²) in [5.41, 5.74) is 7.68. The van der Waals surface area contributed by atoms with Crippen LogP contribution < -0.4 is 5.73 Å². The molecule has 3 rings (SSSR count). The quantitative estimate of drug-likeness (QED) is 0.685. The van der Waals surface area contributed by atoms with Gasteiger partial charge in [-0.25, -0.2) is 0 Å². The van der Waals surface area contributed by atoms with Crippen LogP contribution in [0.2, 0.25) is 0 Å². The Morgan fingerprint density at radius 1 is 1.18 bits per heavy atom. The molecule has 0 atom stereocenters. The van der Waals surface area contributed by atoms with Crippen molar-refractivity contribution in [2.24, 2.45) is 10.7 Å². The summed E-state index contributed by atoms with van der Waals surface area (Å²) in [6, 6.07) is 10.7. The van der Waals surface area contributed by atoms with Gasteiger partial charge < -0.3 is 15.4 Å². The first-order valence-electron chi connectivity index (χ1n) is 8.06. The van der Waals surface area contributed by atoms with Gasteiger partial charge in [0.1, 0.15) is 0 Å². The molecule has 2 heterocycles. The third-order valence-corrected chi connectivity index (χ3v) is 5.66. The molecule has 0 bridgehead atoms. The third-order valence-electron chi connectivity index (χ3n) is 4.71. The van der Waals surface area contributed by atoms with E-state index in [1.807, 2.05) is 11.8 Å². The van der Waals surface area contributed by atoms with Crippen LogP contribution in [0.4, 0.5) is 0 Å². The third kappa shape index (κ3) is 3.58. The number of ether oxygens (including phenoxy) is 1. The van der Waals surface area contributed by atoms with Gasteiger partial charge in [0.2, 0.25) is 0 Å². The summed E-state index contributed by atoms with van der Waals surface area (Å²) in [6.45, 7) is 4.41. The van der Waals surface area contributed by atoms with E-state index in [0.717, 1.165) is 57.2 Å². The number of hydrogen-bond acceptors (Lipinski definition) is 3. The zero-order valence-corrected chi connectivity index (χ0v) is 13.9. The molecule has 120 valence electrons. The van der Waals surface area contributed by atoms with E-state index in [0.29, 0.717) is 5.96 Å². The van der Waals surface area contributed by atoms with Gasteiger partial charge in [-0.1, -0.05) is 30.3 Å². The van der Waals surface area contributed by atoms with E-state index in [1.54, 1.807) is 0 Å². The summed E-state index contributed by atoms with van der Waals surface area (Å²) >= 11 is 1.99. The van der Waals surface area contributed by atoms with Crippen LogP contribution in [-0.4, -0.2) is 55.2 Å². The fourth-order valence-electron chi connectivity index (χ4n) is 3.22. The van der Waals surface area contributed by atoms with E-state index in [9.17, 15) is 0 Å². The van der Waals surface area contributed by atoms with Crippen molar-refractivity contribution in [3.8, 4) is 0 Å². The van der Waals surface area contributed by atoms with Crippen LogP contribution in [0.5, 0.6) is 0 Å². The maximum Gasteiger partial charge on any atom is 0.191 e. The number of nitrogens with zero attached hydrogens (tertiary/aromatic N) is 2. The number of thioether (sulfide) groups is 1. The molecule has 0 radical (unpaired) electrons. The lowest BCUT2D eigenvalue weighted by Gasteiger charge is -2.37.